The topological polar surface area (TPSA) is 52.0 Å². The summed E-state index contributed by atoms with van der Waals surface area (Å²) in [7, 11) is 0. The van der Waals surface area contributed by atoms with E-state index in [0.717, 1.165) is 22.6 Å². The Morgan fingerprint density at radius 1 is 1.33 bits per heavy atom. The predicted octanol–water partition coefficient (Wildman–Crippen LogP) is 2.58. The molecule has 0 radical (unpaired) electrons. The van der Waals surface area contributed by atoms with Crippen LogP contribution in [0, 0.1) is 0 Å². The standard InChI is InChI=1S/C12H16N2O/c1-12(2,3)11-14-9-6-8(7-13)4-5-10(9)15-11/h4-6H,7,13H2,1-3H3. The Kier molecular flexibility index (Phi) is 2.27. The van der Waals surface area contributed by atoms with Crippen LogP contribution in [0.15, 0.2) is 22.6 Å². The van der Waals surface area contributed by atoms with Gasteiger partial charge in [0.05, 0.1) is 0 Å². The van der Waals surface area contributed by atoms with Crippen LogP contribution in [0.3, 0.4) is 0 Å². The summed E-state index contributed by atoms with van der Waals surface area (Å²) in [6, 6.07) is 5.88. The second-order valence-electron chi connectivity index (χ2n) is 4.78. The largest absolute Gasteiger partial charge is 0.440 e. The van der Waals surface area contributed by atoms with Gasteiger partial charge in [0.2, 0.25) is 5.89 Å². The van der Waals surface area contributed by atoms with Crippen LogP contribution in [0.25, 0.3) is 11.1 Å². The van der Waals surface area contributed by atoms with Crippen molar-refractivity contribution in [3.63, 3.8) is 0 Å². The number of aromatic nitrogens is 1. The van der Waals surface area contributed by atoms with Crippen LogP contribution in [0.5, 0.6) is 0 Å². The number of nitrogens with two attached hydrogens (primary N) is 1. The Labute approximate surface area is 89.3 Å². The summed E-state index contributed by atoms with van der Waals surface area (Å²) < 4.78 is 5.68. The van der Waals surface area contributed by atoms with Gasteiger partial charge in [-0.2, -0.15) is 0 Å². The van der Waals surface area contributed by atoms with E-state index in [1.807, 2.05) is 18.2 Å². The van der Waals surface area contributed by atoms with Crippen LogP contribution in [-0.2, 0) is 12.0 Å². The second-order valence-corrected chi connectivity index (χ2v) is 4.78. The number of oxazole rings is 1. The van der Waals surface area contributed by atoms with Gasteiger partial charge in [-0.25, -0.2) is 4.98 Å². The zero-order valence-corrected chi connectivity index (χ0v) is 9.37. The molecule has 0 amide bonds. The van der Waals surface area contributed by atoms with E-state index in [1.54, 1.807) is 0 Å². The molecule has 1 aromatic heterocycles. The molecule has 2 N–H and O–H groups in total. The molecule has 0 aliphatic heterocycles. The summed E-state index contributed by atoms with van der Waals surface area (Å²) in [5, 5.41) is 0. The summed E-state index contributed by atoms with van der Waals surface area (Å²) in [6.45, 7) is 6.79. The first-order valence-corrected chi connectivity index (χ1v) is 5.11. The van der Waals surface area contributed by atoms with Gasteiger partial charge in [-0.3, -0.25) is 0 Å². The third-order valence-electron chi connectivity index (χ3n) is 2.33. The molecule has 80 valence electrons. The summed E-state index contributed by atoms with van der Waals surface area (Å²) in [4.78, 5) is 4.47. The molecule has 0 aliphatic rings. The summed E-state index contributed by atoms with van der Waals surface area (Å²) in [5.41, 5.74) is 8.32. The van der Waals surface area contributed by atoms with Crippen molar-refractivity contribution in [3.8, 4) is 0 Å². The average Bonchev–Trinajstić information content (AvgIpc) is 2.59. The zero-order valence-electron chi connectivity index (χ0n) is 9.37. The van der Waals surface area contributed by atoms with Gasteiger partial charge in [-0.1, -0.05) is 26.8 Å². The van der Waals surface area contributed by atoms with E-state index in [4.69, 9.17) is 10.2 Å². The van der Waals surface area contributed by atoms with Crippen LogP contribution < -0.4 is 5.73 Å². The Bertz CT molecular complexity index is 480. The first-order valence-electron chi connectivity index (χ1n) is 5.11. The Hall–Kier alpha value is -1.35. The van der Waals surface area contributed by atoms with E-state index in [2.05, 4.69) is 25.8 Å². The third kappa shape index (κ3) is 1.88. The fraction of sp³-hybridized carbons (Fsp3) is 0.417. The van der Waals surface area contributed by atoms with Crippen LogP contribution in [0.2, 0.25) is 0 Å². The summed E-state index contributed by atoms with van der Waals surface area (Å²) in [5.74, 6) is 0.770. The van der Waals surface area contributed by atoms with Gasteiger partial charge in [0, 0.05) is 12.0 Å². The normalized spacial score (nSPS) is 12.3. The average molecular weight is 204 g/mol. The van der Waals surface area contributed by atoms with Crippen LogP contribution in [-0.4, -0.2) is 4.98 Å². The molecule has 1 aromatic carbocycles. The van der Waals surface area contributed by atoms with Crippen molar-refractivity contribution >= 4 is 11.1 Å². The maximum absolute atomic E-state index is 5.68. The molecule has 3 nitrogen and oxygen atoms in total. The van der Waals surface area contributed by atoms with Crippen molar-refractivity contribution in [1.82, 2.24) is 4.98 Å². The Morgan fingerprint density at radius 2 is 2.07 bits per heavy atom. The Balaban J connectivity index is 2.56. The molecule has 2 aromatic rings. The molecular formula is C12H16N2O. The van der Waals surface area contributed by atoms with Crippen molar-refractivity contribution in [1.29, 1.82) is 0 Å². The highest BCUT2D eigenvalue weighted by Crippen LogP contribution is 2.26. The molecule has 0 atom stereocenters. The molecular weight excluding hydrogens is 188 g/mol. The first-order chi connectivity index (χ1) is 7.00. The maximum Gasteiger partial charge on any atom is 0.200 e. The van der Waals surface area contributed by atoms with Gasteiger partial charge in [-0.15, -0.1) is 0 Å². The van der Waals surface area contributed by atoms with Crippen LogP contribution in [0.1, 0.15) is 32.2 Å². The second kappa shape index (κ2) is 3.35. The van der Waals surface area contributed by atoms with Gasteiger partial charge < -0.3 is 10.2 Å². The molecule has 2 rings (SSSR count). The molecule has 3 heteroatoms. The quantitative estimate of drug-likeness (QED) is 0.776. The molecule has 0 spiro atoms. The van der Waals surface area contributed by atoms with Gasteiger partial charge in [0.15, 0.2) is 5.58 Å². The lowest BCUT2D eigenvalue weighted by molar-refractivity contribution is 0.411. The fourth-order valence-electron chi connectivity index (χ4n) is 1.42. The summed E-state index contributed by atoms with van der Waals surface area (Å²) in [6.07, 6.45) is 0. The minimum Gasteiger partial charge on any atom is -0.440 e. The van der Waals surface area contributed by atoms with Crippen molar-refractivity contribution in [2.75, 3.05) is 0 Å². The molecule has 0 saturated heterocycles. The zero-order chi connectivity index (χ0) is 11.1. The van der Waals surface area contributed by atoms with E-state index in [9.17, 15) is 0 Å². The lowest BCUT2D eigenvalue weighted by atomic mass is 9.97. The molecule has 0 aliphatic carbocycles. The predicted molar refractivity (Wildman–Crippen MR) is 60.6 cm³/mol. The van der Waals surface area contributed by atoms with E-state index in [-0.39, 0.29) is 5.41 Å². The van der Waals surface area contributed by atoms with Crippen LogP contribution in [0.4, 0.5) is 0 Å². The van der Waals surface area contributed by atoms with Gasteiger partial charge >= 0.3 is 0 Å². The molecule has 0 fully saturated rings. The van der Waals surface area contributed by atoms with E-state index in [0.29, 0.717) is 6.54 Å². The van der Waals surface area contributed by atoms with E-state index >= 15 is 0 Å². The number of nitrogens with zero attached hydrogens (tertiary/aromatic N) is 1. The number of rotatable bonds is 1. The van der Waals surface area contributed by atoms with Crippen molar-refractivity contribution in [2.24, 2.45) is 5.73 Å². The molecule has 0 unspecified atom stereocenters. The highest BCUT2D eigenvalue weighted by Gasteiger charge is 2.20. The lowest BCUT2D eigenvalue weighted by Gasteiger charge is -2.11. The highest BCUT2D eigenvalue weighted by molar-refractivity contribution is 5.73. The number of hydrogen-bond donors (Lipinski definition) is 1. The molecule has 15 heavy (non-hydrogen) atoms. The maximum atomic E-state index is 5.68. The summed E-state index contributed by atoms with van der Waals surface area (Å²) >= 11 is 0. The smallest absolute Gasteiger partial charge is 0.200 e. The van der Waals surface area contributed by atoms with Gasteiger partial charge in [-0.05, 0) is 17.7 Å². The van der Waals surface area contributed by atoms with Crippen LogP contribution >= 0.6 is 0 Å². The van der Waals surface area contributed by atoms with Crippen molar-refractivity contribution < 1.29 is 4.42 Å². The van der Waals surface area contributed by atoms with E-state index < -0.39 is 0 Å². The molecule has 1 heterocycles. The SMILES string of the molecule is CC(C)(C)c1nc2cc(CN)ccc2o1. The van der Waals surface area contributed by atoms with Gasteiger partial charge in [0.25, 0.3) is 0 Å². The monoisotopic (exact) mass is 204 g/mol. The van der Waals surface area contributed by atoms with Crippen molar-refractivity contribution in [2.45, 2.75) is 32.7 Å². The third-order valence-corrected chi connectivity index (χ3v) is 2.33. The number of hydrogen-bond acceptors (Lipinski definition) is 3. The highest BCUT2D eigenvalue weighted by atomic mass is 16.3. The van der Waals surface area contributed by atoms with Crippen molar-refractivity contribution in [3.05, 3.63) is 29.7 Å². The molecule has 0 bridgehead atoms. The first kappa shape index (κ1) is 10.2. The minimum atomic E-state index is -0.0537. The molecule has 0 saturated carbocycles. The van der Waals surface area contributed by atoms with E-state index in [1.165, 1.54) is 0 Å². The fourth-order valence-corrected chi connectivity index (χ4v) is 1.42. The number of benzene rings is 1. The van der Waals surface area contributed by atoms with Gasteiger partial charge in [0.1, 0.15) is 5.52 Å². The lowest BCUT2D eigenvalue weighted by Crippen LogP contribution is -2.10. The Morgan fingerprint density at radius 3 is 2.67 bits per heavy atom. The minimum absolute atomic E-state index is 0.0537. The number of fused-ring (bicyclic) bond motifs is 1.